The maximum absolute atomic E-state index is 10.3. The Bertz CT molecular complexity index is 1050. The summed E-state index contributed by atoms with van der Waals surface area (Å²) in [7, 11) is 0. The van der Waals surface area contributed by atoms with Crippen LogP contribution >= 0.6 is 0 Å². The Morgan fingerprint density at radius 3 is 1.89 bits per heavy atom. The third kappa shape index (κ3) is 1.94. The van der Waals surface area contributed by atoms with Crippen LogP contribution in [0.5, 0.6) is 0 Å². The molecule has 0 unspecified atom stereocenters. The second kappa shape index (κ2) is 5.92. The lowest BCUT2D eigenvalue weighted by molar-refractivity contribution is -0.323. The van der Waals surface area contributed by atoms with Crippen LogP contribution in [0.2, 0.25) is 0 Å². The van der Waals surface area contributed by atoms with Gasteiger partial charge in [0.25, 0.3) is 0 Å². The van der Waals surface area contributed by atoms with Crippen molar-refractivity contribution in [2.24, 2.45) is 10.8 Å². The highest BCUT2D eigenvalue weighted by Crippen LogP contribution is 2.69. The summed E-state index contributed by atoms with van der Waals surface area (Å²) in [5.41, 5.74) is -2.52. The van der Waals surface area contributed by atoms with Crippen LogP contribution in [-0.4, -0.2) is 11.7 Å². The van der Waals surface area contributed by atoms with Gasteiger partial charge < -0.3 is 9.47 Å². The van der Waals surface area contributed by atoms with Crippen LogP contribution in [0.3, 0.4) is 0 Å². The molecule has 2 bridgehead atoms. The average molecular weight is 368 g/mol. The first-order chi connectivity index (χ1) is 13.5. The largest absolute Gasteiger partial charge is 0.447 e. The van der Waals surface area contributed by atoms with Gasteiger partial charge in [-0.1, -0.05) is 60.7 Å². The lowest BCUT2D eigenvalue weighted by Crippen LogP contribution is -2.70. The molecule has 0 aliphatic carbocycles. The normalized spacial score (nSPS) is 32.4. The van der Waals surface area contributed by atoms with Crippen molar-refractivity contribution in [2.75, 3.05) is 0 Å². The van der Waals surface area contributed by atoms with Gasteiger partial charge in [0.15, 0.2) is 10.8 Å². The zero-order valence-corrected chi connectivity index (χ0v) is 15.1. The number of benzene rings is 2. The molecule has 3 heterocycles. The molecule has 3 fully saturated rings. The molecule has 2 aromatic carbocycles. The fourth-order valence-corrected chi connectivity index (χ4v) is 4.55. The fraction of sp³-hybridized carbons (Fsp3) is 0.273. The Kier molecular flexibility index (Phi) is 3.75. The van der Waals surface area contributed by atoms with E-state index in [0.717, 1.165) is 0 Å². The van der Waals surface area contributed by atoms with Crippen LogP contribution in [0.1, 0.15) is 30.1 Å². The second-order valence-corrected chi connectivity index (χ2v) is 7.15. The molecule has 0 spiro atoms. The van der Waals surface area contributed by atoms with Gasteiger partial charge in [0.1, 0.15) is 6.10 Å². The van der Waals surface area contributed by atoms with Gasteiger partial charge in [0.2, 0.25) is 11.7 Å². The Morgan fingerprint density at radius 1 is 0.857 bits per heavy atom. The van der Waals surface area contributed by atoms with Crippen molar-refractivity contribution >= 4 is 5.90 Å². The van der Waals surface area contributed by atoms with Gasteiger partial charge in [-0.25, -0.2) is 0 Å². The van der Waals surface area contributed by atoms with Gasteiger partial charge >= 0.3 is 0 Å². The first-order valence-electron chi connectivity index (χ1n) is 8.78. The van der Waals surface area contributed by atoms with E-state index >= 15 is 0 Å². The molecule has 4 atom stereocenters. The summed E-state index contributed by atoms with van der Waals surface area (Å²) < 4.78 is 12.0. The first-order valence-corrected chi connectivity index (χ1v) is 8.78. The number of fused-ring (bicyclic) bond motifs is 3. The van der Waals surface area contributed by atoms with Crippen molar-refractivity contribution in [1.82, 2.24) is 0 Å². The lowest BCUT2D eigenvalue weighted by Gasteiger charge is -2.61. The predicted molar refractivity (Wildman–Crippen MR) is 98.4 cm³/mol. The number of rotatable bonds is 2. The van der Waals surface area contributed by atoms with Crippen molar-refractivity contribution in [3.05, 3.63) is 71.8 Å². The van der Waals surface area contributed by atoms with E-state index in [1.807, 2.05) is 12.1 Å². The van der Waals surface area contributed by atoms with Crippen molar-refractivity contribution in [3.8, 4) is 18.2 Å². The number of nitrogens with one attached hydrogen (secondary N) is 1. The Balaban J connectivity index is 2.05. The van der Waals surface area contributed by atoms with Crippen LogP contribution < -0.4 is 0 Å². The average Bonchev–Trinajstić information content (AvgIpc) is 2.73. The molecule has 28 heavy (non-hydrogen) atoms. The predicted octanol–water partition coefficient (Wildman–Crippen LogP) is 3.81. The maximum Gasteiger partial charge on any atom is 0.219 e. The Morgan fingerprint density at radius 2 is 1.39 bits per heavy atom. The summed E-state index contributed by atoms with van der Waals surface area (Å²) in [6.07, 6.45) is -0.982. The minimum absolute atomic E-state index is 0.409. The summed E-state index contributed by atoms with van der Waals surface area (Å²) >= 11 is 0. The molecular formula is C22H16N4O2. The van der Waals surface area contributed by atoms with Crippen LogP contribution in [0.25, 0.3) is 0 Å². The summed E-state index contributed by atoms with van der Waals surface area (Å²) in [4.78, 5) is 0. The van der Waals surface area contributed by atoms with Crippen molar-refractivity contribution < 1.29 is 9.47 Å². The molecule has 3 aliphatic rings. The molecule has 6 nitrogen and oxygen atoms in total. The van der Waals surface area contributed by atoms with Crippen molar-refractivity contribution in [1.29, 1.82) is 21.2 Å². The molecule has 5 rings (SSSR count). The third-order valence-corrected chi connectivity index (χ3v) is 5.75. The highest BCUT2D eigenvalue weighted by Gasteiger charge is 2.79. The molecule has 2 aromatic rings. The fourth-order valence-electron chi connectivity index (χ4n) is 4.55. The van der Waals surface area contributed by atoms with E-state index in [4.69, 9.17) is 14.9 Å². The van der Waals surface area contributed by atoms with Gasteiger partial charge in [-0.05, 0) is 11.1 Å². The van der Waals surface area contributed by atoms with E-state index in [1.54, 1.807) is 55.5 Å². The Hall–Kier alpha value is -3.66. The zero-order valence-electron chi connectivity index (χ0n) is 15.1. The van der Waals surface area contributed by atoms with Crippen LogP contribution in [0.15, 0.2) is 60.7 Å². The van der Waals surface area contributed by atoms with Gasteiger partial charge in [-0.15, -0.1) is 0 Å². The molecule has 0 radical (unpaired) electrons. The monoisotopic (exact) mass is 368 g/mol. The molecule has 0 aromatic heterocycles. The number of hydrogen-bond acceptors (Lipinski definition) is 6. The molecule has 3 saturated heterocycles. The van der Waals surface area contributed by atoms with Gasteiger partial charge in [0, 0.05) is 6.92 Å². The van der Waals surface area contributed by atoms with Crippen molar-refractivity contribution in [2.45, 2.75) is 24.7 Å². The molecular weight excluding hydrogens is 352 g/mol. The SMILES string of the molecule is C[C@]12OC(=N)[C@@](C#N)([C@@H](c3ccccc3)O1)C(C#N)(C#N)[C@H]2c1ccccc1. The Labute approximate surface area is 162 Å². The van der Waals surface area contributed by atoms with Crippen LogP contribution in [0.4, 0.5) is 0 Å². The minimum Gasteiger partial charge on any atom is -0.447 e. The van der Waals surface area contributed by atoms with Crippen LogP contribution in [-0.2, 0) is 9.47 Å². The molecule has 1 N–H and O–H groups in total. The summed E-state index contributed by atoms with van der Waals surface area (Å²) in [6, 6.07) is 24.2. The quantitative estimate of drug-likeness (QED) is 0.866. The lowest BCUT2D eigenvalue weighted by atomic mass is 9.49. The van der Waals surface area contributed by atoms with Gasteiger partial charge in [0.05, 0.1) is 24.1 Å². The topological polar surface area (TPSA) is 114 Å². The van der Waals surface area contributed by atoms with E-state index in [1.165, 1.54) is 0 Å². The van der Waals surface area contributed by atoms with Crippen molar-refractivity contribution in [3.63, 3.8) is 0 Å². The summed E-state index contributed by atoms with van der Waals surface area (Å²) in [5, 5.41) is 39.3. The first kappa shape index (κ1) is 17.7. The molecule has 0 saturated carbocycles. The van der Waals surface area contributed by atoms with Crippen LogP contribution in [0, 0.1) is 50.2 Å². The molecule has 3 aliphatic heterocycles. The molecule has 136 valence electrons. The second-order valence-electron chi connectivity index (χ2n) is 7.15. The van der Waals surface area contributed by atoms with E-state index in [9.17, 15) is 15.8 Å². The molecule has 0 amide bonds. The zero-order chi connectivity index (χ0) is 20.0. The number of ether oxygens (including phenoxy) is 2. The number of nitrogens with zero attached hydrogens (tertiary/aromatic N) is 3. The van der Waals surface area contributed by atoms with Gasteiger partial charge in [-0.2, -0.15) is 15.8 Å². The van der Waals surface area contributed by atoms with E-state index in [0.29, 0.717) is 11.1 Å². The summed E-state index contributed by atoms with van der Waals surface area (Å²) in [6.45, 7) is 1.62. The number of hydrogen-bond donors (Lipinski definition) is 1. The third-order valence-electron chi connectivity index (χ3n) is 5.75. The highest BCUT2D eigenvalue weighted by molar-refractivity contribution is 5.89. The standard InChI is InChI=1S/C22H16N4O2/c1-20-17(15-8-4-2-5-9-15)21(12-23,13-24)22(14-25,19(26)28-20)18(27-20)16-10-6-3-7-11-16/h2-11,17-18,26H,1H3/t17-,18+,20+,22+/m0/s1. The van der Waals surface area contributed by atoms with E-state index < -0.39 is 34.5 Å². The highest BCUT2D eigenvalue weighted by atomic mass is 16.7. The molecule has 6 heteroatoms. The summed E-state index contributed by atoms with van der Waals surface area (Å²) in [5.74, 6) is -2.74. The maximum atomic E-state index is 10.3. The number of nitriles is 3. The smallest absolute Gasteiger partial charge is 0.219 e. The minimum atomic E-state index is -1.91. The van der Waals surface area contributed by atoms with Gasteiger partial charge in [-0.3, -0.25) is 5.41 Å². The van der Waals surface area contributed by atoms with E-state index in [-0.39, 0.29) is 0 Å². The van der Waals surface area contributed by atoms with E-state index in [2.05, 4.69) is 18.2 Å².